The summed E-state index contributed by atoms with van der Waals surface area (Å²) in [6.07, 6.45) is 3.55. The molecule has 1 aromatic heterocycles. The number of carbonyl (C=O) groups is 3. The van der Waals surface area contributed by atoms with Crippen LogP contribution in [0, 0.1) is 5.82 Å². The van der Waals surface area contributed by atoms with Gasteiger partial charge in [-0.1, -0.05) is 24.3 Å². The first kappa shape index (κ1) is 30.8. The van der Waals surface area contributed by atoms with Gasteiger partial charge >= 0.3 is 11.9 Å². The lowest BCUT2D eigenvalue weighted by Gasteiger charge is -2.26. The van der Waals surface area contributed by atoms with Crippen LogP contribution < -0.4 is 5.32 Å². The van der Waals surface area contributed by atoms with E-state index in [0.29, 0.717) is 40.9 Å². The van der Waals surface area contributed by atoms with Gasteiger partial charge in [0.15, 0.2) is 0 Å². The number of amides is 1. The van der Waals surface area contributed by atoms with E-state index < -0.39 is 11.9 Å². The number of carboxylic acids is 2. The molecule has 2 aliphatic heterocycles. The Morgan fingerprint density at radius 3 is 2.21 bits per heavy atom. The van der Waals surface area contributed by atoms with Crippen molar-refractivity contribution in [1.82, 2.24) is 20.1 Å². The molecule has 42 heavy (non-hydrogen) atoms. The number of fused-ring (bicyclic) bond motifs is 1. The molecule has 1 amide bonds. The van der Waals surface area contributed by atoms with Gasteiger partial charge in [-0.2, -0.15) is 0 Å². The second-order valence-electron chi connectivity index (χ2n) is 10.1. The smallest absolute Gasteiger partial charge is 0.328 e. The molecular formula is C31H35FN4O6. The third-order valence-electron chi connectivity index (χ3n) is 7.06. The van der Waals surface area contributed by atoms with E-state index in [0.717, 1.165) is 58.0 Å². The number of nitrogens with zero attached hydrogens (tertiary/aromatic N) is 3. The van der Waals surface area contributed by atoms with E-state index in [4.69, 9.17) is 19.9 Å². The summed E-state index contributed by atoms with van der Waals surface area (Å²) in [7, 11) is 0. The van der Waals surface area contributed by atoms with Gasteiger partial charge in [0.05, 0.1) is 30.0 Å². The molecule has 2 saturated heterocycles. The topological polar surface area (TPSA) is 132 Å². The molecule has 0 saturated carbocycles. The summed E-state index contributed by atoms with van der Waals surface area (Å²) in [5.74, 6) is -3.08. The average Bonchev–Trinajstić information content (AvgIpc) is 3.50. The first-order valence-electron chi connectivity index (χ1n) is 13.9. The predicted octanol–water partition coefficient (Wildman–Crippen LogP) is 3.41. The van der Waals surface area contributed by atoms with Gasteiger partial charge in [0, 0.05) is 55.8 Å². The van der Waals surface area contributed by atoms with Crippen LogP contribution in [-0.2, 0) is 20.9 Å². The molecule has 3 aromatic rings. The number of halogens is 1. The van der Waals surface area contributed by atoms with E-state index in [9.17, 15) is 18.8 Å². The Hall–Kier alpha value is -4.19. The Morgan fingerprint density at radius 2 is 1.57 bits per heavy atom. The van der Waals surface area contributed by atoms with E-state index in [1.807, 2.05) is 12.1 Å². The molecule has 5 rings (SSSR count). The second-order valence-corrected chi connectivity index (χ2v) is 10.1. The van der Waals surface area contributed by atoms with Gasteiger partial charge in [0.25, 0.3) is 5.91 Å². The van der Waals surface area contributed by atoms with Crippen molar-refractivity contribution in [2.75, 3.05) is 52.5 Å². The van der Waals surface area contributed by atoms with Crippen LogP contribution in [0.4, 0.5) is 4.39 Å². The van der Waals surface area contributed by atoms with Crippen molar-refractivity contribution in [2.45, 2.75) is 19.4 Å². The Bertz CT molecular complexity index is 1400. The highest BCUT2D eigenvalue weighted by Crippen LogP contribution is 2.26. The van der Waals surface area contributed by atoms with Crippen molar-refractivity contribution < 1.29 is 33.7 Å². The number of hydrogen-bond donors (Lipinski definition) is 3. The quantitative estimate of drug-likeness (QED) is 0.327. The second kappa shape index (κ2) is 15.2. The fourth-order valence-corrected chi connectivity index (χ4v) is 4.90. The number of aromatic nitrogens is 1. The van der Waals surface area contributed by atoms with Crippen molar-refractivity contribution >= 4 is 28.7 Å². The lowest BCUT2D eigenvalue weighted by molar-refractivity contribution is -0.134. The number of morpholine rings is 1. The molecule has 2 aromatic carbocycles. The van der Waals surface area contributed by atoms with E-state index in [-0.39, 0.29) is 11.7 Å². The van der Waals surface area contributed by atoms with Gasteiger partial charge in [0.2, 0.25) is 0 Å². The van der Waals surface area contributed by atoms with Crippen LogP contribution in [0.15, 0.2) is 60.7 Å². The number of hydrogen-bond acceptors (Lipinski definition) is 7. The maximum absolute atomic E-state index is 14.0. The van der Waals surface area contributed by atoms with Gasteiger partial charge in [-0.15, -0.1) is 0 Å². The number of aliphatic carboxylic acids is 2. The monoisotopic (exact) mass is 578 g/mol. The Kier molecular flexibility index (Phi) is 11.1. The number of pyridine rings is 1. The number of ether oxygens (including phenoxy) is 1. The molecule has 0 spiro atoms. The fourth-order valence-electron chi connectivity index (χ4n) is 4.90. The van der Waals surface area contributed by atoms with Gasteiger partial charge in [-0.25, -0.2) is 19.0 Å². The van der Waals surface area contributed by atoms with Crippen LogP contribution in [0.1, 0.15) is 28.8 Å². The predicted molar refractivity (Wildman–Crippen MR) is 156 cm³/mol. The molecule has 0 radical (unpaired) electrons. The number of carboxylic acid groups (broad SMARTS) is 2. The zero-order chi connectivity index (χ0) is 29.9. The molecule has 2 fully saturated rings. The van der Waals surface area contributed by atoms with Gasteiger partial charge in [-0.05, 0) is 55.8 Å². The van der Waals surface area contributed by atoms with Crippen molar-refractivity contribution in [3.8, 4) is 11.3 Å². The SMILES string of the molecule is O=C(NCCN1CCCC1)c1cc(-c2ccc(CN3CCOCC3)cc2)nc2ccc(F)cc12.O=C(O)C=CC(=O)O. The summed E-state index contributed by atoms with van der Waals surface area (Å²) in [5, 5.41) is 19.2. The van der Waals surface area contributed by atoms with Crippen LogP contribution in [0.25, 0.3) is 22.2 Å². The number of likely N-dealkylation sites (tertiary alicyclic amines) is 1. The van der Waals surface area contributed by atoms with E-state index in [1.165, 1.54) is 30.5 Å². The summed E-state index contributed by atoms with van der Waals surface area (Å²) < 4.78 is 19.4. The highest BCUT2D eigenvalue weighted by molar-refractivity contribution is 6.07. The summed E-state index contributed by atoms with van der Waals surface area (Å²) in [4.78, 5) is 41.7. The maximum Gasteiger partial charge on any atom is 0.328 e. The van der Waals surface area contributed by atoms with Crippen molar-refractivity contribution in [2.24, 2.45) is 0 Å². The van der Waals surface area contributed by atoms with Gasteiger partial charge in [0.1, 0.15) is 5.82 Å². The molecule has 3 N–H and O–H groups in total. The van der Waals surface area contributed by atoms with Gasteiger partial charge < -0.3 is 25.2 Å². The van der Waals surface area contributed by atoms with E-state index >= 15 is 0 Å². The summed E-state index contributed by atoms with van der Waals surface area (Å²) in [5.41, 5.74) is 3.94. The molecule has 2 aliphatic rings. The molecule has 222 valence electrons. The maximum atomic E-state index is 14.0. The zero-order valence-corrected chi connectivity index (χ0v) is 23.3. The van der Waals surface area contributed by atoms with Crippen molar-refractivity contribution in [1.29, 1.82) is 0 Å². The molecule has 3 heterocycles. The van der Waals surface area contributed by atoms with E-state index in [2.05, 4.69) is 27.2 Å². The Labute approximate surface area is 243 Å². The minimum Gasteiger partial charge on any atom is -0.478 e. The zero-order valence-electron chi connectivity index (χ0n) is 23.3. The molecule has 0 atom stereocenters. The number of rotatable bonds is 9. The normalized spacial score (nSPS) is 15.8. The minimum atomic E-state index is -1.26. The summed E-state index contributed by atoms with van der Waals surface area (Å²) >= 11 is 0. The van der Waals surface area contributed by atoms with Gasteiger partial charge in [-0.3, -0.25) is 9.69 Å². The van der Waals surface area contributed by atoms with Crippen LogP contribution in [0.5, 0.6) is 0 Å². The highest BCUT2D eigenvalue weighted by Gasteiger charge is 2.17. The first-order chi connectivity index (χ1) is 20.3. The third-order valence-corrected chi connectivity index (χ3v) is 7.06. The minimum absolute atomic E-state index is 0.192. The lowest BCUT2D eigenvalue weighted by Crippen LogP contribution is -2.35. The largest absolute Gasteiger partial charge is 0.478 e. The first-order valence-corrected chi connectivity index (χ1v) is 13.9. The summed E-state index contributed by atoms with van der Waals surface area (Å²) in [6, 6.07) is 14.5. The molecule has 11 heteroatoms. The van der Waals surface area contributed by atoms with Crippen molar-refractivity contribution in [3.05, 3.63) is 77.6 Å². The molecular weight excluding hydrogens is 543 g/mol. The van der Waals surface area contributed by atoms with Crippen LogP contribution in [0.2, 0.25) is 0 Å². The molecule has 10 nitrogen and oxygen atoms in total. The third kappa shape index (κ3) is 9.16. The van der Waals surface area contributed by atoms with Crippen molar-refractivity contribution in [3.63, 3.8) is 0 Å². The van der Waals surface area contributed by atoms with Crippen LogP contribution in [-0.4, -0.2) is 95.3 Å². The standard InChI is InChI=1S/C27H31FN4O2.C4H4O4/c28-22-7-8-25-23(17-22)24(27(33)29-9-12-31-10-1-2-11-31)18-26(30-25)21-5-3-20(4-6-21)19-32-13-15-34-16-14-32;5-3(6)1-2-4(7)8/h3-8,17-18H,1-2,9-16,19H2,(H,29,33);1-2H,(H,5,6)(H,7,8). The Morgan fingerprint density at radius 1 is 0.905 bits per heavy atom. The average molecular weight is 579 g/mol. The van der Waals surface area contributed by atoms with Crippen LogP contribution in [0.3, 0.4) is 0 Å². The number of nitrogens with one attached hydrogen (secondary N) is 1. The van der Waals surface area contributed by atoms with Crippen LogP contribution >= 0.6 is 0 Å². The fraction of sp³-hybridized carbons (Fsp3) is 0.355. The molecule has 0 aliphatic carbocycles. The Balaban J connectivity index is 0.000000446. The summed E-state index contributed by atoms with van der Waals surface area (Å²) in [6.45, 7) is 7.92. The molecule has 0 unspecified atom stereocenters. The lowest BCUT2D eigenvalue weighted by atomic mass is 10.0. The number of carbonyl (C=O) groups excluding carboxylic acids is 1. The highest BCUT2D eigenvalue weighted by atomic mass is 19.1. The van der Waals surface area contributed by atoms with E-state index in [1.54, 1.807) is 12.1 Å². The number of benzene rings is 2. The molecule has 0 bridgehead atoms.